The maximum absolute atomic E-state index is 6.05. The molecule has 0 spiro atoms. The van der Waals surface area contributed by atoms with Crippen molar-refractivity contribution in [1.82, 2.24) is 4.98 Å². The molecule has 3 rings (SSSR count). The second kappa shape index (κ2) is 16.9. The molecule has 2 aromatic rings. The number of unbranched alkanes of at least 4 members (excludes halogenated alkanes) is 11. The van der Waals surface area contributed by atoms with E-state index in [1.54, 1.807) is 0 Å². The van der Waals surface area contributed by atoms with Crippen LogP contribution in [0.15, 0.2) is 42.6 Å². The lowest BCUT2D eigenvalue weighted by atomic mass is 10.0. The van der Waals surface area contributed by atoms with E-state index in [9.17, 15) is 0 Å². The zero-order valence-corrected chi connectivity index (χ0v) is 22.5. The molecule has 1 saturated heterocycles. The van der Waals surface area contributed by atoms with Gasteiger partial charge in [-0.05, 0) is 30.9 Å². The summed E-state index contributed by atoms with van der Waals surface area (Å²) in [5.74, 6) is 0.531. The number of rotatable bonds is 17. The Morgan fingerprint density at radius 1 is 0.686 bits per heavy atom. The molecule has 0 aliphatic carbocycles. The third-order valence-electron chi connectivity index (χ3n) is 7.31. The van der Waals surface area contributed by atoms with Gasteiger partial charge >= 0.3 is 0 Å². The first-order chi connectivity index (χ1) is 17.3. The largest absolute Gasteiger partial charge is 0.348 e. The Kier molecular flexibility index (Phi) is 13.4. The Morgan fingerprint density at radius 3 is 1.89 bits per heavy atom. The molecule has 3 heteroatoms. The molecule has 2 heterocycles. The van der Waals surface area contributed by atoms with E-state index in [-0.39, 0.29) is 6.29 Å². The van der Waals surface area contributed by atoms with Gasteiger partial charge in [-0.15, -0.1) is 0 Å². The summed E-state index contributed by atoms with van der Waals surface area (Å²) in [6.07, 6.45) is 21.6. The highest BCUT2D eigenvalue weighted by molar-refractivity contribution is 5.59. The highest BCUT2D eigenvalue weighted by Crippen LogP contribution is 2.28. The minimum absolute atomic E-state index is 0.276. The molecule has 3 nitrogen and oxygen atoms in total. The summed E-state index contributed by atoms with van der Waals surface area (Å²) in [5.41, 5.74) is 4.62. The van der Waals surface area contributed by atoms with Crippen molar-refractivity contribution in [3.8, 4) is 11.3 Å². The van der Waals surface area contributed by atoms with E-state index in [4.69, 9.17) is 14.5 Å². The first-order valence-electron chi connectivity index (χ1n) is 14.6. The molecule has 0 N–H and O–H groups in total. The second-order valence-corrected chi connectivity index (χ2v) is 10.5. The lowest BCUT2D eigenvalue weighted by Gasteiger charge is -2.29. The van der Waals surface area contributed by atoms with Gasteiger partial charge < -0.3 is 9.47 Å². The zero-order chi connectivity index (χ0) is 24.6. The standard InChI is InChI=1S/C32H49NO2/c1-3-5-7-9-11-13-15-17-28-25-34-32(35-26-28)30-22-23-31(33-24-30)29-20-18-27(19-21-29)16-14-12-10-8-6-4-2/h18-24,28,32H,3-17,25-26H2,1-2H3. The first kappa shape index (κ1) is 27.9. The van der Waals surface area contributed by atoms with E-state index in [0.717, 1.165) is 24.5 Å². The van der Waals surface area contributed by atoms with Crippen molar-refractivity contribution >= 4 is 0 Å². The zero-order valence-electron chi connectivity index (χ0n) is 22.5. The molecule has 0 bridgehead atoms. The molecule has 194 valence electrons. The number of benzene rings is 1. The summed E-state index contributed by atoms with van der Waals surface area (Å²) in [6, 6.07) is 13.1. The quantitative estimate of drug-likeness (QED) is 0.212. The van der Waals surface area contributed by atoms with Crippen molar-refractivity contribution in [1.29, 1.82) is 0 Å². The third kappa shape index (κ3) is 10.4. The molecule has 0 saturated carbocycles. The molecule has 1 aliphatic rings. The molecule has 35 heavy (non-hydrogen) atoms. The van der Waals surface area contributed by atoms with E-state index in [0.29, 0.717) is 5.92 Å². The van der Waals surface area contributed by atoms with Crippen LogP contribution in [-0.2, 0) is 15.9 Å². The van der Waals surface area contributed by atoms with Crippen LogP contribution in [0.3, 0.4) is 0 Å². The lowest BCUT2D eigenvalue weighted by Crippen LogP contribution is -2.27. The van der Waals surface area contributed by atoms with Crippen molar-refractivity contribution in [2.75, 3.05) is 13.2 Å². The van der Waals surface area contributed by atoms with Crippen LogP contribution in [0.2, 0.25) is 0 Å². The van der Waals surface area contributed by atoms with Gasteiger partial charge in [-0.25, -0.2) is 0 Å². The van der Waals surface area contributed by atoms with Crippen molar-refractivity contribution in [3.05, 3.63) is 53.7 Å². The summed E-state index contributed by atoms with van der Waals surface area (Å²) in [5, 5.41) is 0. The number of aryl methyl sites for hydroxylation is 1. The third-order valence-corrected chi connectivity index (χ3v) is 7.31. The molecular formula is C32H49NO2. The first-order valence-corrected chi connectivity index (χ1v) is 14.6. The Morgan fingerprint density at radius 2 is 1.29 bits per heavy atom. The van der Waals surface area contributed by atoms with E-state index in [1.807, 2.05) is 6.20 Å². The minimum Gasteiger partial charge on any atom is -0.348 e. The number of pyridine rings is 1. The molecule has 1 aromatic heterocycles. The monoisotopic (exact) mass is 479 g/mol. The number of hydrogen-bond acceptors (Lipinski definition) is 3. The maximum atomic E-state index is 6.05. The fourth-order valence-corrected chi connectivity index (χ4v) is 4.96. The smallest absolute Gasteiger partial charge is 0.185 e. The van der Waals surface area contributed by atoms with Gasteiger partial charge in [-0.2, -0.15) is 0 Å². The van der Waals surface area contributed by atoms with Crippen LogP contribution in [0.4, 0.5) is 0 Å². The molecule has 0 amide bonds. The van der Waals surface area contributed by atoms with Crippen LogP contribution in [-0.4, -0.2) is 18.2 Å². The summed E-state index contributed by atoms with van der Waals surface area (Å²) in [7, 11) is 0. The molecule has 0 radical (unpaired) electrons. The normalized spacial score (nSPS) is 18.1. The van der Waals surface area contributed by atoms with Gasteiger partial charge in [0.05, 0.1) is 18.9 Å². The lowest BCUT2D eigenvalue weighted by molar-refractivity contribution is -0.206. The summed E-state index contributed by atoms with van der Waals surface area (Å²) >= 11 is 0. The van der Waals surface area contributed by atoms with Crippen LogP contribution >= 0.6 is 0 Å². The van der Waals surface area contributed by atoms with Crippen molar-refractivity contribution in [2.45, 2.75) is 116 Å². The van der Waals surface area contributed by atoms with Crippen LogP contribution in [0, 0.1) is 5.92 Å². The number of aromatic nitrogens is 1. The summed E-state index contributed by atoms with van der Waals surface area (Å²) < 4.78 is 12.1. The van der Waals surface area contributed by atoms with Gasteiger partial charge in [0.25, 0.3) is 0 Å². The van der Waals surface area contributed by atoms with Crippen molar-refractivity contribution in [2.24, 2.45) is 5.92 Å². The maximum Gasteiger partial charge on any atom is 0.185 e. The Labute approximate surface area is 215 Å². The Balaban J connectivity index is 1.35. The molecular weight excluding hydrogens is 430 g/mol. The van der Waals surface area contributed by atoms with E-state index >= 15 is 0 Å². The van der Waals surface area contributed by atoms with Gasteiger partial charge in [0.2, 0.25) is 0 Å². The van der Waals surface area contributed by atoms with Crippen LogP contribution < -0.4 is 0 Å². The van der Waals surface area contributed by atoms with Gasteiger partial charge in [-0.3, -0.25) is 4.98 Å². The van der Waals surface area contributed by atoms with Gasteiger partial charge in [0.1, 0.15) is 0 Å². The highest BCUT2D eigenvalue weighted by Gasteiger charge is 2.23. The average molecular weight is 480 g/mol. The van der Waals surface area contributed by atoms with E-state index in [2.05, 4.69) is 50.2 Å². The average Bonchev–Trinajstić information content (AvgIpc) is 2.91. The van der Waals surface area contributed by atoms with Gasteiger partial charge in [-0.1, -0.05) is 121 Å². The van der Waals surface area contributed by atoms with E-state index in [1.165, 1.54) is 107 Å². The molecule has 1 aliphatic heterocycles. The van der Waals surface area contributed by atoms with E-state index < -0.39 is 0 Å². The number of nitrogens with zero attached hydrogens (tertiary/aromatic N) is 1. The van der Waals surface area contributed by atoms with Gasteiger partial charge in [0, 0.05) is 23.2 Å². The summed E-state index contributed by atoms with van der Waals surface area (Å²) in [6.45, 7) is 6.13. The van der Waals surface area contributed by atoms with Crippen LogP contribution in [0.5, 0.6) is 0 Å². The van der Waals surface area contributed by atoms with Crippen molar-refractivity contribution in [3.63, 3.8) is 0 Å². The molecule has 0 unspecified atom stereocenters. The highest BCUT2D eigenvalue weighted by atomic mass is 16.7. The minimum atomic E-state index is -0.276. The number of hydrogen-bond donors (Lipinski definition) is 0. The Hall–Kier alpha value is -1.71. The molecule has 1 fully saturated rings. The number of ether oxygens (including phenoxy) is 2. The van der Waals surface area contributed by atoms with Crippen LogP contribution in [0.1, 0.15) is 121 Å². The predicted octanol–water partition coefficient (Wildman–Crippen LogP) is 9.45. The summed E-state index contributed by atoms with van der Waals surface area (Å²) in [4.78, 5) is 4.71. The SMILES string of the molecule is CCCCCCCCCC1COC(c2ccc(-c3ccc(CCCCCCCC)cc3)nc2)OC1. The Bertz CT molecular complexity index is 778. The predicted molar refractivity (Wildman–Crippen MR) is 147 cm³/mol. The molecule has 0 atom stereocenters. The fraction of sp³-hybridized carbons (Fsp3) is 0.656. The van der Waals surface area contributed by atoms with Crippen LogP contribution in [0.25, 0.3) is 11.3 Å². The van der Waals surface area contributed by atoms with Gasteiger partial charge in [0.15, 0.2) is 6.29 Å². The molecule has 1 aromatic carbocycles. The fourth-order valence-electron chi connectivity index (χ4n) is 4.96. The second-order valence-electron chi connectivity index (χ2n) is 10.5. The van der Waals surface area contributed by atoms with Crippen molar-refractivity contribution < 1.29 is 9.47 Å². The topological polar surface area (TPSA) is 31.4 Å².